The minimum absolute atomic E-state index is 0.0387. The first-order valence-corrected chi connectivity index (χ1v) is 5.22. The van der Waals surface area contributed by atoms with Crippen molar-refractivity contribution in [2.45, 2.75) is 0 Å². The average Bonchev–Trinajstić information content (AvgIpc) is 2.56. The highest BCUT2D eigenvalue weighted by Gasteiger charge is 2.14. The number of nitrogens with zero attached hydrogens (tertiary/aromatic N) is 2. The fourth-order valence-corrected chi connectivity index (χ4v) is 1.56. The summed E-state index contributed by atoms with van der Waals surface area (Å²) in [7, 11) is 0. The molecule has 2 N–H and O–H groups in total. The van der Waals surface area contributed by atoms with Crippen molar-refractivity contribution in [1.82, 2.24) is 9.78 Å². The van der Waals surface area contributed by atoms with Crippen molar-refractivity contribution in [1.29, 1.82) is 0 Å². The number of benzene rings is 1. The molecule has 0 atom stereocenters. The Labute approximate surface area is 102 Å². The van der Waals surface area contributed by atoms with E-state index in [0.29, 0.717) is 3.57 Å². The van der Waals surface area contributed by atoms with Gasteiger partial charge in [0, 0.05) is 12.1 Å². The Morgan fingerprint density at radius 1 is 1.19 bits per heavy atom. The monoisotopic (exact) mass is 339 g/mol. The molecule has 1 heterocycles. The number of nitrogens with two attached hydrogens (primary N) is 1. The Hall–Kier alpha value is -1.25. The van der Waals surface area contributed by atoms with Gasteiger partial charge < -0.3 is 5.73 Å². The highest BCUT2D eigenvalue weighted by Crippen LogP contribution is 2.21. The van der Waals surface area contributed by atoms with Gasteiger partial charge in [-0.15, -0.1) is 0 Å². The summed E-state index contributed by atoms with van der Waals surface area (Å²) in [5.74, 6) is -3.82. The van der Waals surface area contributed by atoms with Crippen LogP contribution in [0.15, 0.2) is 18.3 Å². The van der Waals surface area contributed by atoms with Crippen LogP contribution in [0.4, 0.5) is 19.0 Å². The summed E-state index contributed by atoms with van der Waals surface area (Å²) < 4.78 is 40.4. The summed E-state index contributed by atoms with van der Waals surface area (Å²) in [5, 5.41) is 3.83. The number of nitrogen functional groups attached to an aromatic ring is 1. The van der Waals surface area contributed by atoms with E-state index in [-0.39, 0.29) is 11.5 Å². The van der Waals surface area contributed by atoms with Crippen molar-refractivity contribution in [3.8, 4) is 5.69 Å². The Kier molecular flexibility index (Phi) is 2.78. The predicted molar refractivity (Wildman–Crippen MR) is 60.6 cm³/mol. The summed E-state index contributed by atoms with van der Waals surface area (Å²) in [6, 6.07) is 1.66. The maximum Gasteiger partial charge on any atom is 0.194 e. The zero-order valence-corrected chi connectivity index (χ0v) is 9.87. The lowest BCUT2D eigenvalue weighted by atomic mass is 10.3. The Balaban J connectivity index is 2.61. The molecule has 0 spiro atoms. The summed E-state index contributed by atoms with van der Waals surface area (Å²) in [6.07, 6.45) is 1.44. The number of hydrogen-bond donors (Lipinski definition) is 1. The molecule has 0 aliphatic heterocycles. The van der Waals surface area contributed by atoms with Gasteiger partial charge in [-0.05, 0) is 22.6 Å². The van der Waals surface area contributed by atoms with E-state index in [9.17, 15) is 13.2 Å². The topological polar surface area (TPSA) is 43.8 Å². The molecule has 0 radical (unpaired) electrons. The van der Waals surface area contributed by atoms with E-state index in [1.54, 1.807) is 0 Å². The number of halogens is 4. The molecule has 1 aromatic heterocycles. The van der Waals surface area contributed by atoms with Gasteiger partial charge in [-0.1, -0.05) is 0 Å². The van der Waals surface area contributed by atoms with Gasteiger partial charge in [0.1, 0.15) is 5.82 Å². The quantitative estimate of drug-likeness (QED) is 0.641. The third-order valence-corrected chi connectivity index (χ3v) is 2.80. The number of anilines is 1. The third-order valence-electron chi connectivity index (χ3n) is 1.97. The molecule has 0 saturated carbocycles. The fraction of sp³-hybridized carbons (Fsp3) is 0. The van der Waals surface area contributed by atoms with Gasteiger partial charge >= 0.3 is 0 Å². The second-order valence-electron chi connectivity index (χ2n) is 3.01. The van der Waals surface area contributed by atoms with Crippen LogP contribution >= 0.6 is 22.6 Å². The van der Waals surface area contributed by atoms with E-state index in [2.05, 4.69) is 5.10 Å². The Morgan fingerprint density at radius 3 is 2.19 bits per heavy atom. The summed E-state index contributed by atoms with van der Waals surface area (Å²) in [6.45, 7) is 0. The SMILES string of the molecule is Nc1c(I)cnn1-c1cc(F)c(F)c(F)c1. The van der Waals surface area contributed by atoms with Crippen molar-refractivity contribution in [3.63, 3.8) is 0 Å². The second kappa shape index (κ2) is 3.96. The van der Waals surface area contributed by atoms with Crippen LogP contribution < -0.4 is 5.73 Å². The fourth-order valence-electron chi connectivity index (χ4n) is 1.21. The normalized spacial score (nSPS) is 10.8. The van der Waals surface area contributed by atoms with Crippen LogP contribution in [0, 0.1) is 21.0 Å². The molecule has 1 aromatic carbocycles. The van der Waals surface area contributed by atoms with Crippen LogP contribution in [0.25, 0.3) is 5.69 Å². The first-order valence-electron chi connectivity index (χ1n) is 4.14. The molecule has 3 nitrogen and oxygen atoms in total. The van der Waals surface area contributed by atoms with Crippen LogP contribution in [0.3, 0.4) is 0 Å². The second-order valence-corrected chi connectivity index (χ2v) is 4.18. The standard InChI is InChI=1S/C9H5F3IN3/c10-5-1-4(2-6(11)8(5)12)16-9(14)7(13)3-15-16/h1-3H,14H2. The van der Waals surface area contributed by atoms with E-state index in [1.165, 1.54) is 6.20 Å². The van der Waals surface area contributed by atoms with Gasteiger partial charge in [0.2, 0.25) is 0 Å². The first kappa shape index (κ1) is 11.2. The minimum Gasteiger partial charge on any atom is -0.383 e. The Morgan fingerprint density at radius 2 is 1.75 bits per heavy atom. The Bertz CT molecular complexity index is 530. The van der Waals surface area contributed by atoms with Crippen LogP contribution in [0.5, 0.6) is 0 Å². The maximum atomic E-state index is 13.0. The minimum atomic E-state index is -1.51. The molecule has 0 saturated heterocycles. The van der Waals surface area contributed by atoms with Gasteiger partial charge in [-0.25, -0.2) is 17.9 Å². The van der Waals surface area contributed by atoms with Gasteiger partial charge in [-0.3, -0.25) is 0 Å². The zero-order chi connectivity index (χ0) is 11.9. The highest BCUT2D eigenvalue weighted by atomic mass is 127. The van der Waals surface area contributed by atoms with Crippen molar-refractivity contribution in [2.24, 2.45) is 0 Å². The lowest BCUT2D eigenvalue weighted by molar-refractivity contribution is 0.446. The van der Waals surface area contributed by atoms with Gasteiger partial charge in [0.05, 0.1) is 15.5 Å². The van der Waals surface area contributed by atoms with E-state index < -0.39 is 17.5 Å². The van der Waals surface area contributed by atoms with Crippen molar-refractivity contribution >= 4 is 28.4 Å². The van der Waals surface area contributed by atoms with Crippen molar-refractivity contribution in [3.05, 3.63) is 39.4 Å². The van der Waals surface area contributed by atoms with Crippen molar-refractivity contribution in [2.75, 3.05) is 5.73 Å². The highest BCUT2D eigenvalue weighted by molar-refractivity contribution is 14.1. The van der Waals surface area contributed by atoms with E-state index in [1.807, 2.05) is 22.6 Å². The predicted octanol–water partition coefficient (Wildman–Crippen LogP) is 2.48. The first-order chi connectivity index (χ1) is 7.50. The number of rotatable bonds is 1. The molecule has 2 rings (SSSR count). The lowest BCUT2D eigenvalue weighted by Gasteiger charge is -2.05. The molecule has 0 fully saturated rings. The van der Waals surface area contributed by atoms with Crippen LogP contribution in [-0.4, -0.2) is 9.78 Å². The molecule has 0 amide bonds. The van der Waals surface area contributed by atoms with Gasteiger partial charge in [0.25, 0.3) is 0 Å². The molecule has 0 unspecified atom stereocenters. The zero-order valence-electron chi connectivity index (χ0n) is 7.72. The third kappa shape index (κ3) is 1.75. The molecular weight excluding hydrogens is 334 g/mol. The van der Waals surface area contributed by atoms with E-state index in [0.717, 1.165) is 16.8 Å². The smallest absolute Gasteiger partial charge is 0.194 e. The van der Waals surface area contributed by atoms with E-state index >= 15 is 0 Å². The number of hydrogen-bond acceptors (Lipinski definition) is 2. The molecule has 0 bridgehead atoms. The maximum absolute atomic E-state index is 13.0. The van der Waals surface area contributed by atoms with Crippen LogP contribution in [0.2, 0.25) is 0 Å². The lowest BCUT2D eigenvalue weighted by Crippen LogP contribution is -2.04. The van der Waals surface area contributed by atoms with Crippen LogP contribution in [0.1, 0.15) is 0 Å². The van der Waals surface area contributed by atoms with Gasteiger partial charge in [-0.2, -0.15) is 5.10 Å². The molecular formula is C9H5F3IN3. The molecule has 0 aliphatic rings. The molecule has 16 heavy (non-hydrogen) atoms. The molecule has 0 aliphatic carbocycles. The largest absolute Gasteiger partial charge is 0.383 e. The summed E-state index contributed by atoms with van der Waals surface area (Å²) in [4.78, 5) is 0. The van der Waals surface area contributed by atoms with E-state index in [4.69, 9.17) is 5.73 Å². The molecule has 84 valence electrons. The summed E-state index contributed by atoms with van der Waals surface area (Å²) in [5.41, 5.74) is 5.67. The average molecular weight is 339 g/mol. The molecule has 2 aromatic rings. The van der Waals surface area contributed by atoms with Crippen LogP contribution in [-0.2, 0) is 0 Å². The van der Waals surface area contributed by atoms with Crippen molar-refractivity contribution < 1.29 is 13.2 Å². The number of aromatic nitrogens is 2. The van der Waals surface area contributed by atoms with Gasteiger partial charge in [0.15, 0.2) is 17.5 Å². The summed E-state index contributed by atoms with van der Waals surface area (Å²) >= 11 is 1.93. The molecule has 7 heteroatoms.